The Kier molecular flexibility index (Phi) is 4.86. The summed E-state index contributed by atoms with van der Waals surface area (Å²) in [5.41, 5.74) is -0.301. The van der Waals surface area contributed by atoms with Gasteiger partial charge in [0.1, 0.15) is 5.54 Å². The third-order valence-corrected chi connectivity index (χ3v) is 5.87. The van der Waals surface area contributed by atoms with Crippen molar-refractivity contribution in [3.05, 3.63) is 0 Å². The van der Waals surface area contributed by atoms with Crippen LogP contribution in [0.2, 0.25) is 0 Å². The van der Waals surface area contributed by atoms with Crippen molar-refractivity contribution < 1.29 is 0 Å². The molecule has 0 amide bonds. The molecule has 1 saturated heterocycles. The van der Waals surface area contributed by atoms with Gasteiger partial charge in [-0.3, -0.25) is 5.32 Å². The minimum Gasteiger partial charge on any atom is -0.303 e. The van der Waals surface area contributed by atoms with Crippen molar-refractivity contribution in [2.75, 3.05) is 19.6 Å². The molecule has 0 spiro atoms. The van der Waals surface area contributed by atoms with Crippen molar-refractivity contribution in [2.24, 2.45) is 11.8 Å². The standard InChI is InChI=1S/C18H31N3/c1-18(14-19,20-17-7-8-17)10-4-11-21-12-9-15-5-2-3-6-16(15)13-21/h15-17,20H,2-13H2,1H3. The fraction of sp³-hybridized carbons (Fsp3) is 0.944. The molecule has 1 heterocycles. The van der Waals surface area contributed by atoms with E-state index < -0.39 is 0 Å². The van der Waals surface area contributed by atoms with Gasteiger partial charge < -0.3 is 4.90 Å². The highest BCUT2D eigenvalue weighted by atomic mass is 15.1. The van der Waals surface area contributed by atoms with Gasteiger partial charge in [-0.15, -0.1) is 0 Å². The van der Waals surface area contributed by atoms with Gasteiger partial charge in [0.15, 0.2) is 0 Å². The number of nitrogens with zero attached hydrogens (tertiary/aromatic N) is 2. The minimum atomic E-state index is -0.301. The molecule has 118 valence electrons. The van der Waals surface area contributed by atoms with Gasteiger partial charge in [0.2, 0.25) is 0 Å². The first-order chi connectivity index (χ1) is 10.2. The van der Waals surface area contributed by atoms with Crippen LogP contribution < -0.4 is 5.32 Å². The third kappa shape index (κ3) is 4.20. The SMILES string of the molecule is CC(C#N)(CCCN1CCC2CCCCC2C1)NC1CC1. The highest BCUT2D eigenvalue weighted by Crippen LogP contribution is 2.36. The number of piperidine rings is 1. The first-order valence-electron chi connectivity index (χ1n) is 9.10. The predicted octanol–water partition coefficient (Wildman–Crippen LogP) is 3.31. The molecule has 3 nitrogen and oxygen atoms in total. The Morgan fingerprint density at radius 3 is 2.62 bits per heavy atom. The lowest BCUT2D eigenvalue weighted by atomic mass is 9.75. The average molecular weight is 289 g/mol. The smallest absolute Gasteiger partial charge is 0.104 e. The van der Waals surface area contributed by atoms with Crippen LogP contribution in [0.1, 0.15) is 64.7 Å². The average Bonchev–Trinajstić information content (AvgIpc) is 3.31. The van der Waals surface area contributed by atoms with Crippen molar-refractivity contribution in [1.29, 1.82) is 5.26 Å². The Balaban J connectivity index is 1.39. The molecule has 0 aromatic carbocycles. The van der Waals surface area contributed by atoms with E-state index in [4.69, 9.17) is 0 Å². The molecule has 2 aliphatic carbocycles. The lowest BCUT2D eigenvalue weighted by Crippen LogP contribution is -2.44. The summed E-state index contributed by atoms with van der Waals surface area (Å²) in [4.78, 5) is 2.67. The molecule has 0 radical (unpaired) electrons. The maximum absolute atomic E-state index is 9.43. The number of likely N-dealkylation sites (tertiary alicyclic amines) is 1. The molecule has 0 aromatic rings. The van der Waals surface area contributed by atoms with Gasteiger partial charge in [-0.2, -0.15) is 5.26 Å². The highest BCUT2D eigenvalue weighted by Gasteiger charge is 2.33. The van der Waals surface area contributed by atoms with Gasteiger partial charge in [0, 0.05) is 12.6 Å². The number of hydrogen-bond donors (Lipinski definition) is 1. The third-order valence-electron chi connectivity index (χ3n) is 5.87. The van der Waals surface area contributed by atoms with E-state index >= 15 is 0 Å². The summed E-state index contributed by atoms with van der Waals surface area (Å²) < 4.78 is 0. The van der Waals surface area contributed by atoms with Gasteiger partial charge in [-0.1, -0.05) is 19.3 Å². The van der Waals surface area contributed by atoms with Crippen molar-refractivity contribution >= 4 is 0 Å². The fourth-order valence-corrected chi connectivity index (χ4v) is 4.37. The molecule has 0 bridgehead atoms. The Morgan fingerprint density at radius 2 is 1.90 bits per heavy atom. The van der Waals surface area contributed by atoms with E-state index in [0.29, 0.717) is 6.04 Å². The summed E-state index contributed by atoms with van der Waals surface area (Å²) in [6.07, 6.45) is 11.9. The van der Waals surface area contributed by atoms with Crippen molar-refractivity contribution in [1.82, 2.24) is 10.2 Å². The Hall–Kier alpha value is -0.590. The molecule has 0 aromatic heterocycles. The zero-order valence-electron chi connectivity index (χ0n) is 13.6. The second-order valence-electron chi connectivity index (χ2n) is 7.86. The van der Waals surface area contributed by atoms with Crippen LogP contribution in [-0.2, 0) is 0 Å². The largest absolute Gasteiger partial charge is 0.303 e. The molecule has 3 rings (SSSR count). The van der Waals surface area contributed by atoms with Crippen LogP contribution in [0.3, 0.4) is 0 Å². The Labute approximate surface area is 130 Å². The maximum Gasteiger partial charge on any atom is 0.104 e. The number of nitrogens with one attached hydrogen (secondary N) is 1. The molecule has 1 aliphatic heterocycles. The molecule has 21 heavy (non-hydrogen) atoms. The molecule has 3 aliphatic rings. The number of nitriles is 1. The monoisotopic (exact) mass is 289 g/mol. The lowest BCUT2D eigenvalue weighted by Gasteiger charge is -2.41. The fourth-order valence-electron chi connectivity index (χ4n) is 4.37. The van der Waals surface area contributed by atoms with Gasteiger partial charge >= 0.3 is 0 Å². The lowest BCUT2D eigenvalue weighted by molar-refractivity contribution is 0.0846. The topological polar surface area (TPSA) is 39.1 Å². The zero-order valence-corrected chi connectivity index (χ0v) is 13.6. The predicted molar refractivity (Wildman–Crippen MR) is 85.9 cm³/mol. The minimum absolute atomic E-state index is 0.301. The van der Waals surface area contributed by atoms with Crippen molar-refractivity contribution in [3.8, 4) is 6.07 Å². The summed E-state index contributed by atoms with van der Waals surface area (Å²) in [6.45, 7) is 5.88. The maximum atomic E-state index is 9.43. The van der Waals surface area contributed by atoms with Crippen LogP contribution >= 0.6 is 0 Å². The first-order valence-corrected chi connectivity index (χ1v) is 9.10. The quantitative estimate of drug-likeness (QED) is 0.815. The van der Waals surface area contributed by atoms with Crippen LogP contribution in [0, 0.1) is 23.2 Å². The highest BCUT2D eigenvalue weighted by molar-refractivity contribution is 5.07. The number of fused-ring (bicyclic) bond motifs is 1. The molecule has 2 saturated carbocycles. The van der Waals surface area contributed by atoms with Crippen LogP contribution in [-0.4, -0.2) is 36.1 Å². The molecule has 3 unspecified atom stereocenters. The summed E-state index contributed by atoms with van der Waals surface area (Å²) in [7, 11) is 0. The van der Waals surface area contributed by atoms with Crippen molar-refractivity contribution in [2.45, 2.75) is 76.3 Å². The molecule has 3 atom stereocenters. The number of rotatable bonds is 6. The van der Waals surface area contributed by atoms with E-state index in [0.717, 1.165) is 24.7 Å². The van der Waals surface area contributed by atoms with E-state index in [2.05, 4.69) is 23.2 Å². The van der Waals surface area contributed by atoms with Gasteiger partial charge in [-0.05, 0) is 70.4 Å². The molecular formula is C18H31N3. The van der Waals surface area contributed by atoms with E-state index in [9.17, 15) is 5.26 Å². The van der Waals surface area contributed by atoms with Gasteiger partial charge in [0.05, 0.1) is 6.07 Å². The molecule has 3 heteroatoms. The van der Waals surface area contributed by atoms with E-state index in [1.165, 1.54) is 64.6 Å². The molecule has 1 N–H and O–H groups in total. The molecular weight excluding hydrogens is 258 g/mol. The summed E-state index contributed by atoms with van der Waals surface area (Å²) in [6, 6.07) is 3.12. The van der Waals surface area contributed by atoms with Gasteiger partial charge in [-0.25, -0.2) is 0 Å². The molecule has 3 fully saturated rings. The van der Waals surface area contributed by atoms with Crippen molar-refractivity contribution in [3.63, 3.8) is 0 Å². The Morgan fingerprint density at radius 1 is 1.14 bits per heavy atom. The zero-order chi connectivity index (χ0) is 14.7. The van der Waals surface area contributed by atoms with Gasteiger partial charge in [0.25, 0.3) is 0 Å². The van der Waals surface area contributed by atoms with E-state index in [-0.39, 0.29) is 5.54 Å². The van der Waals surface area contributed by atoms with Crippen LogP contribution in [0.15, 0.2) is 0 Å². The Bertz CT molecular complexity index is 384. The normalized spacial score (nSPS) is 33.0. The van der Waals surface area contributed by atoms with Crippen LogP contribution in [0.5, 0.6) is 0 Å². The second-order valence-corrected chi connectivity index (χ2v) is 7.86. The van der Waals surface area contributed by atoms with Crippen LogP contribution in [0.25, 0.3) is 0 Å². The summed E-state index contributed by atoms with van der Waals surface area (Å²) in [5.74, 6) is 2.00. The van der Waals surface area contributed by atoms with E-state index in [1.54, 1.807) is 0 Å². The summed E-state index contributed by atoms with van der Waals surface area (Å²) >= 11 is 0. The van der Waals surface area contributed by atoms with E-state index in [1.807, 2.05) is 0 Å². The summed E-state index contributed by atoms with van der Waals surface area (Å²) in [5, 5.41) is 12.9. The second kappa shape index (κ2) is 6.67. The number of hydrogen-bond acceptors (Lipinski definition) is 3. The van der Waals surface area contributed by atoms with Crippen LogP contribution in [0.4, 0.5) is 0 Å². The first kappa shape index (κ1) is 15.3.